The lowest BCUT2D eigenvalue weighted by Gasteiger charge is -2.32. The molecule has 2 aromatic rings. The molecule has 0 aromatic heterocycles. The van der Waals surface area contributed by atoms with Gasteiger partial charge in [0.1, 0.15) is 0 Å². The van der Waals surface area contributed by atoms with Crippen molar-refractivity contribution in [2.75, 3.05) is 32.6 Å². The van der Waals surface area contributed by atoms with Gasteiger partial charge in [0, 0.05) is 30.4 Å². The van der Waals surface area contributed by atoms with Crippen LogP contribution in [-0.4, -0.2) is 44.0 Å². The molecule has 1 saturated heterocycles. The Morgan fingerprint density at radius 1 is 0.967 bits per heavy atom. The molecule has 1 N–H and O–H groups in total. The van der Waals surface area contributed by atoms with E-state index in [4.69, 9.17) is 9.47 Å². The Kier molecular flexibility index (Phi) is 6.65. The van der Waals surface area contributed by atoms with Crippen LogP contribution in [0.15, 0.2) is 30.3 Å². The van der Waals surface area contributed by atoms with Gasteiger partial charge in [-0.25, -0.2) is 0 Å². The summed E-state index contributed by atoms with van der Waals surface area (Å²) in [6.45, 7) is 6.98. The lowest BCUT2D eigenvalue weighted by Crippen LogP contribution is -2.43. The van der Waals surface area contributed by atoms with E-state index in [9.17, 15) is 9.59 Å². The van der Waals surface area contributed by atoms with Crippen LogP contribution in [0.3, 0.4) is 0 Å². The van der Waals surface area contributed by atoms with Crippen molar-refractivity contribution in [1.29, 1.82) is 0 Å². The number of rotatable bonds is 5. The first-order chi connectivity index (χ1) is 14.3. The Labute approximate surface area is 178 Å². The third-order valence-corrected chi connectivity index (χ3v) is 5.54. The van der Waals surface area contributed by atoms with Crippen molar-refractivity contribution in [3.63, 3.8) is 0 Å². The highest BCUT2D eigenvalue weighted by Gasteiger charge is 2.29. The monoisotopic (exact) mass is 410 g/mol. The topological polar surface area (TPSA) is 67.9 Å². The highest BCUT2D eigenvalue weighted by Crippen LogP contribution is 2.33. The molecule has 160 valence electrons. The number of likely N-dealkylation sites (tertiary alicyclic amines) is 1. The van der Waals surface area contributed by atoms with E-state index in [1.807, 2.05) is 39.0 Å². The maximum absolute atomic E-state index is 13.0. The number of methoxy groups -OCH3 is 2. The van der Waals surface area contributed by atoms with Crippen molar-refractivity contribution in [3.05, 3.63) is 52.6 Å². The molecule has 0 radical (unpaired) electrons. The van der Waals surface area contributed by atoms with Crippen molar-refractivity contribution in [1.82, 2.24) is 4.90 Å². The summed E-state index contributed by atoms with van der Waals surface area (Å²) >= 11 is 0. The summed E-state index contributed by atoms with van der Waals surface area (Å²) < 4.78 is 10.7. The van der Waals surface area contributed by atoms with E-state index in [1.165, 1.54) is 0 Å². The predicted octanol–water partition coefficient (Wildman–Crippen LogP) is 4.12. The summed E-state index contributed by atoms with van der Waals surface area (Å²) in [4.78, 5) is 27.8. The summed E-state index contributed by atoms with van der Waals surface area (Å²) in [6.07, 6.45) is 1.56. The molecular weight excluding hydrogens is 380 g/mol. The van der Waals surface area contributed by atoms with Crippen LogP contribution in [0.1, 0.15) is 39.9 Å². The van der Waals surface area contributed by atoms with Crippen LogP contribution in [-0.2, 0) is 4.79 Å². The van der Waals surface area contributed by atoms with E-state index < -0.39 is 0 Å². The van der Waals surface area contributed by atoms with Crippen LogP contribution in [0.4, 0.5) is 5.69 Å². The summed E-state index contributed by atoms with van der Waals surface area (Å²) in [6, 6.07) is 9.48. The molecule has 1 atom stereocenters. The number of nitrogens with one attached hydrogen (secondary N) is 1. The number of benzene rings is 2. The molecule has 3 rings (SSSR count). The smallest absolute Gasteiger partial charge is 0.253 e. The molecule has 0 bridgehead atoms. The SMILES string of the molecule is COc1cc(C)c(NC(=O)C2CCCN(C(=O)c3cc(C)cc(C)c3)C2)cc1OC. The van der Waals surface area contributed by atoms with Gasteiger partial charge in [-0.3, -0.25) is 9.59 Å². The highest BCUT2D eigenvalue weighted by molar-refractivity contribution is 5.97. The number of hydrogen-bond acceptors (Lipinski definition) is 4. The van der Waals surface area contributed by atoms with Gasteiger partial charge in [-0.2, -0.15) is 0 Å². The molecule has 30 heavy (non-hydrogen) atoms. The van der Waals surface area contributed by atoms with Gasteiger partial charge in [0.05, 0.1) is 20.1 Å². The van der Waals surface area contributed by atoms with Crippen molar-refractivity contribution in [3.8, 4) is 11.5 Å². The maximum atomic E-state index is 13.0. The Hall–Kier alpha value is -3.02. The number of anilines is 1. The second kappa shape index (κ2) is 9.20. The van der Waals surface area contributed by atoms with E-state index in [-0.39, 0.29) is 17.7 Å². The van der Waals surface area contributed by atoms with Gasteiger partial charge in [-0.1, -0.05) is 17.2 Å². The first kappa shape index (κ1) is 21.7. The fourth-order valence-electron chi connectivity index (χ4n) is 4.01. The first-order valence-corrected chi connectivity index (χ1v) is 10.2. The number of piperidine rings is 1. The minimum absolute atomic E-state index is 0.0124. The van der Waals surface area contributed by atoms with Gasteiger partial charge in [-0.05, 0) is 57.4 Å². The molecule has 0 spiro atoms. The van der Waals surface area contributed by atoms with Crippen molar-refractivity contribution in [2.24, 2.45) is 5.92 Å². The number of ether oxygens (including phenoxy) is 2. The number of aryl methyl sites for hydroxylation is 3. The second-order valence-corrected chi connectivity index (χ2v) is 7.98. The van der Waals surface area contributed by atoms with Gasteiger partial charge in [0.2, 0.25) is 5.91 Å². The molecular formula is C24H30N2O4. The summed E-state index contributed by atoms with van der Waals surface area (Å²) in [5, 5.41) is 3.01. The largest absolute Gasteiger partial charge is 0.493 e. The fourth-order valence-corrected chi connectivity index (χ4v) is 4.01. The molecule has 2 amide bonds. The lowest BCUT2D eigenvalue weighted by molar-refractivity contribution is -0.121. The van der Waals surface area contributed by atoms with Gasteiger partial charge >= 0.3 is 0 Å². The molecule has 1 aliphatic heterocycles. The Balaban J connectivity index is 1.72. The van der Waals surface area contributed by atoms with E-state index >= 15 is 0 Å². The molecule has 0 saturated carbocycles. The Morgan fingerprint density at radius 2 is 1.60 bits per heavy atom. The third kappa shape index (κ3) is 4.75. The van der Waals surface area contributed by atoms with Gasteiger partial charge in [0.15, 0.2) is 11.5 Å². The van der Waals surface area contributed by atoms with Crippen LogP contribution in [0.2, 0.25) is 0 Å². The van der Waals surface area contributed by atoms with Gasteiger partial charge in [-0.15, -0.1) is 0 Å². The standard InChI is InChI=1S/C24H30N2O4/c1-15-9-16(2)11-19(10-15)24(28)26-8-6-7-18(14-26)23(27)25-20-13-22(30-5)21(29-4)12-17(20)3/h9-13,18H,6-8,14H2,1-5H3,(H,25,27). The van der Waals surface area contributed by atoms with Crippen LogP contribution in [0.5, 0.6) is 11.5 Å². The average molecular weight is 411 g/mol. The molecule has 2 aromatic carbocycles. The second-order valence-electron chi connectivity index (χ2n) is 7.98. The van der Waals surface area contributed by atoms with E-state index in [1.54, 1.807) is 25.2 Å². The van der Waals surface area contributed by atoms with Crippen LogP contribution >= 0.6 is 0 Å². The normalized spacial score (nSPS) is 16.2. The number of hydrogen-bond donors (Lipinski definition) is 1. The first-order valence-electron chi connectivity index (χ1n) is 10.2. The Bertz CT molecular complexity index is 934. The van der Waals surface area contributed by atoms with Crippen molar-refractivity contribution >= 4 is 17.5 Å². The van der Waals surface area contributed by atoms with Crippen LogP contribution < -0.4 is 14.8 Å². The van der Waals surface area contributed by atoms with E-state index in [2.05, 4.69) is 11.4 Å². The van der Waals surface area contributed by atoms with E-state index in [0.717, 1.165) is 29.5 Å². The van der Waals surface area contributed by atoms with Crippen molar-refractivity contribution in [2.45, 2.75) is 33.6 Å². The molecule has 0 aliphatic carbocycles. The zero-order valence-corrected chi connectivity index (χ0v) is 18.4. The molecule has 1 fully saturated rings. The third-order valence-electron chi connectivity index (χ3n) is 5.54. The molecule has 1 heterocycles. The number of carbonyl (C=O) groups is 2. The number of amides is 2. The minimum atomic E-state index is -0.249. The summed E-state index contributed by atoms with van der Waals surface area (Å²) in [7, 11) is 3.15. The fraction of sp³-hybridized carbons (Fsp3) is 0.417. The number of carbonyl (C=O) groups excluding carboxylic acids is 2. The molecule has 6 heteroatoms. The Morgan fingerprint density at radius 3 is 2.23 bits per heavy atom. The van der Waals surface area contributed by atoms with Gasteiger partial charge in [0.25, 0.3) is 5.91 Å². The van der Waals surface area contributed by atoms with E-state index in [0.29, 0.717) is 35.8 Å². The summed E-state index contributed by atoms with van der Waals surface area (Å²) in [5.41, 5.74) is 4.39. The zero-order valence-electron chi connectivity index (χ0n) is 18.4. The zero-order chi connectivity index (χ0) is 21.8. The highest BCUT2D eigenvalue weighted by atomic mass is 16.5. The average Bonchev–Trinajstić information content (AvgIpc) is 2.73. The lowest BCUT2D eigenvalue weighted by atomic mass is 9.95. The molecule has 1 unspecified atom stereocenters. The maximum Gasteiger partial charge on any atom is 0.253 e. The quantitative estimate of drug-likeness (QED) is 0.805. The molecule has 1 aliphatic rings. The predicted molar refractivity (Wildman–Crippen MR) is 117 cm³/mol. The summed E-state index contributed by atoms with van der Waals surface area (Å²) in [5.74, 6) is 0.843. The molecule has 6 nitrogen and oxygen atoms in total. The van der Waals surface area contributed by atoms with Gasteiger partial charge < -0.3 is 19.7 Å². The minimum Gasteiger partial charge on any atom is -0.493 e. The number of nitrogens with zero attached hydrogens (tertiary/aromatic N) is 1. The van der Waals surface area contributed by atoms with Crippen LogP contribution in [0, 0.1) is 26.7 Å². The van der Waals surface area contributed by atoms with Crippen LogP contribution in [0.25, 0.3) is 0 Å². The van der Waals surface area contributed by atoms with Crippen molar-refractivity contribution < 1.29 is 19.1 Å².